The molecular formula is C12H9BrN2O2S. The highest BCUT2D eigenvalue weighted by molar-refractivity contribution is 9.11. The molecule has 1 atom stereocenters. The number of imidazole rings is 1. The van der Waals surface area contributed by atoms with Crippen molar-refractivity contribution in [3.8, 4) is 0 Å². The minimum Gasteiger partial charge on any atom is -0.384 e. The maximum absolute atomic E-state index is 11.2. The molecule has 6 heteroatoms. The second-order valence-electron chi connectivity index (χ2n) is 3.97. The zero-order valence-corrected chi connectivity index (χ0v) is 11.5. The number of aromatic nitrogens is 2. The van der Waals surface area contributed by atoms with Crippen LogP contribution < -0.4 is 5.69 Å². The van der Waals surface area contributed by atoms with E-state index in [9.17, 15) is 9.90 Å². The number of hydrogen-bond acceptors (Lipinski definition) is 3. The minimum absolute atomic E-state index is 0.241. The van der Waals surface area contributed by atoms with Gasteiger partial charge in [-0.1, -0.05) is 6.07 Å². The van der Waals surface area contributed by atoms with E-state index in [1.54, 1.807) is 12.1 Å². The Morgan fingerprint density at radius 1 is 1.17 bits per heavy atom. The molecule has 3 N–H and O–H groups in total. The summed E-state index contributed by atoms with van der Waals surface area (Å²) in [4.78, 5) is 16.5. The Hall–Kier alpha value is -1.37. The summed E-state index contributed by atoms with van der Waals surface area (Å²) in [5.74, 6) is 0. The summed E-state index contributed by atoms with van der Waals surface area (Å²) in [6.45, 7) is 0. The Kier molecular flexibility index (Phi) is 2.85. The summed E-state index contributed by atoms with van der Waals surface area (Å²) < 4.78 is 0.979. The maximum Gasteiger partial charge on any atom is 0.323 e. The number of aliphatic hydroxyl groups excluding tert-OH is 1. The number of aliphatic hydroxyl groups is 1. The van der Waals surface area contributed by atoms with Gasteiger partial charge in [-0.15, -0.1) is 11.3 Å². The number of hydrogen-bond donors (Lipinski definition) is 3. The zero-order valence-electron chi connectivity index (χ0n) is 9.11. The van der Waals surface area contributed by atoms with Gasteiger partial charge in [-0.2, -0.15) is 0 Å². The normalized spacial score (nSPS) is 13.0. The Morgan fingerprint density at radius 2 is 1.94 bits per heavy atom. The minimum atomic E-state index is -0.685. The van der Waals surface area contributed by atoms with E-state index in [-0.39, 0.29) is 5.69 Å². The van der Waals surface area contributed by atoms with E-state index in [0.29, 0.717) is 5.52 Å². The molecule has 0 radical (unpaired) electrons. The predicted molar refractivity (Wildman–Crippen MR) is 75.0 cm³/mol. The lowest BCUT2D eigenvalue weighted by molar-refractivity contribution is 0.221. The van der Waals surface area contributed by atoms with Gasteiger partial charge in [0.25, 0.3) is 0 Å². The number of aromatic amines is 2. The summed E-state index contributed by atoms with van der Waals surface area (Å²) in [7, 11) is 0. The van der Waals surface area contributed by atoms with Crippen molar-refractivity contribution in [3.05, 3.63) is 55.0 Å². The Morgan fingerprint density at radius 3 is 2.67 bits per heavy atom. The average Bonchev–Trinajstić information content (AvgIpc) is 2.92. The van der Waals surface area contributed by atoms with Crippen LogP contribution in [-0.2, 0) is 0 Å². The van der Waals surface area contributed by atoms with Gasteiger partial charge in [0.05, 0.1) is 14.8 Å². The largest absolute Gasteiger partial charge is 0.384 e. The van der Waals surface area contributed by atoms with Crippen LogP contribution in [0.25, 0.3) is 11.0 Å². The van der Waals surface area contributed by atoms with Gasteiger partial charge in [0.2, 0.25) is 0 Å². The van der Waals surface area contributed by atoms with Crippen molar-refractivity contribution in [3.63, 3.8) is 0 Å². The van der Waals surface area contributed by atoms with Crippen molar-refractivity contribution < 1.29 is 5.11 Å². The molecule has 0 amide bonds. The standard InChI is InChI=1S/C12H9BrN2O2S/c13-10-4-7(5-18-10)11(16)6-1-2-8-9(3-6)15-12(17)14-8/h1-5,11,16H,(H2,14,15,17). The molecule has 1 unspecified atom stereocenters. The first-order chi connectivity index (χ1) is 8.63. The molecule has 2 heterocycles. The lowest BCUT2D eigenvalue weighted by Crippen LogP contribution is -1.99. The smallest absolute Gasteiger partial charge is 0.323 e. The third-order valence-corrected chi connectivity index (χ3v) is 4.28. The molecule has 0 aliphatic rings. The number of H-pyrrole nitrogens is 2. The first-order valence-corrected chi connectivity index (χ1v) is 6.95. The number of benzene rings is 1. The molecule has 0 bridgehead atoms. The topological polar surface area (TPSA) is 68.9 Å². The lowest BCUT2D eigenvalue weighted by atomic mass is 10.0. The molecule has 92 valence electrons. The molecule has 0 fully saturated rings. The van der Waals surface area contributed by atoms with Crippen LogP contribution in [0.4, 0.5) is 0 Å². The van der Waals surface area contributed by atoms with Gasteiger partial charge in [-0.05, 0) is 50.6 Å². The fraction of sp³-hybridized carbons (Fsp3) is 0.0833. The average molecular weight is 325 g/mol. The van der Waals surface area contributed by atoms with Gasteiger partial charge in [0.15, 0.2) is 0 Å². The van der Waals surface area contributed by atoms with Crippen LogP contribution in [-0.4, -0.2) is 15.1 Å². The van der Waals surface area contributed by atoms with Crippen LogP contribution in [0.3, 0.4) is 0 Å². The fourth-order valence-electron chi connectivity index (χ4n) is 1.88. The van der Waals surface area contributed by atoms with Crippen molar-refractivity contribution in [1.82, 2.24) is 9.97 Å². The molecule has 0 aliphatic heterocycles. The van der Waals surface area contributed by atoms with Crippen molar-refractivity contribution in [2.75, 3.05) is 0 Å². The van der Waals surface area contributed by atoms with E-state index >= 15 is 0 Å². The lowest BCUT2D eigenvalue weighted by Gasteiger charge is -2.08. The monoisotopic (exact) mass is 324 g/mol. The first-order valence-electron chi connectivity index (χ1n) is 5.27. The van der Waals surface area contributed by atoms with E-state index in [0.717, 1.165) is 20.4 Å². The Balaban J connectivity index is 2.05. The van der Waals surface area contributed by atoms with Crippen LogP contribution in [0, 0.1) is 0 Å². The molecule has 1 aromatic carbocycles. The molecule has 18 heavy (non-hydrogen) atoms. The third-order valence-electron chi connectivity index (χ3n) is 2.76. The highest BCUT2D eigenvalue weighted by Crippen LogP contribution is 2.29. The number of halogens is 1. The van der Waals surface area contributed by atoms with Crippen molar-refractivity contribution >= 4 is 38.3 Å². The van der Waals surface area contributed by atoms with E-state index in [2.05, 4.69) is 25.9 Å². The molecule has 3 rings (SSSR count). The SMILES string of the molecule is O=c1[nH]c2ccc(C(O)c3csc(Br)c3)cc2[nH]1. The number of rotatable bonds is 2. The van der Waals surface area contributed by atoms with Gasteiger partial charge in [0.1, 0.15) is 6.10 Å². The molecule has 0 aliphatic carbocycles. The van der Waals surface area contributed by atoms with Crippen LogP contribution in [0.5, 0.6) is 0 Å². The number of fused-ring (bicyclic) bond motifs is 1. The van der Waals surface area contributed by atoms with Crippen LogP contribution in [0.15, 0.2) is 38.2 Å². The molecule has 0 spiro atoms. The molecule has 3 aromatic rings. The van der Waals surface area contributed by atoms with E-state index in [4.69, 9.17) is 0 Å². The van der Waals surface area contributed by atoms with Gasteiger partial charge >= 0.3 is 5.69 Å². The third kappa shape index (κ3) is 2.03. The van der Waals surface area contributed by atoms with Crippen LogP contribution in [0.2, 0.25) is 0 Å². The van der Waals surface area contributed by atoms with Crippen molar-refractivity contribution in [2.45, 2.75) is 6.10 Å². The summed E-state index contributed by atoms with van der Waals surface area (Å²) in [6, 6.07) is 7.26. The molecule has 0 saturated carbocycles. The second-order valence-corrected chi connectivity index (χ2v) is 6.26. The van der Waals surface area contributed by atoms with Gasteiger partial charge < -0.3 is 15.1 Å². The second kappa shape index (κ2) is 4.38. The van der Waals surface area contributed by atoms with Crippen molar-refractivity contribution in [2.24, 2.45) is 0 Å². The molecule has 0 saturated heterocycles. The highest BCUT2D eigenvalue weighted by Gasteiger charge is 2.13. The van der Waals surface area contributed by atoms with E-state index in [1.807, 2.05) is 17.5 Å². The van der Waals surface area contributed by atoms with Gasteiger partial charge in [0, 0.05) is 0 Å². The molecular weight excluding hydrogens is 316 g/mol. The Labute approximate surface area is 114 Å². The molecule has 2 aromatic heterocycles. The van der Waals surface area contributed by atoms with Gasteiger partial charge in [-0.3, -0.25) is 0 Å². The first kappa shape index (κ1) is 11.7. The summed E-state index contributed by atoms with van der Waals surface area (Å²) in [6.07, 6.45) is -0.685. The highest BCUT2D eigenvalue weighted by atomic mass is 79.9. The summed E-state index contributed by atoms with van der Waals surface area (Å²) in [5, 5.41) is 12.2. The summed E-state index contributed by atoms with van der Waals surface area (Å²) >= 11 is 4.90. The maximum atomic E-state index is 11.2. The zero-order chi connectivity index (χ0) is 12.7. The predicted octanol–water partition coefficient (Wildman–Crippen LogP) is 2.76. The van der Waals surface area contributed by atoms with Crippen molar-refractivity contribution in [1.29, 1.82) is 0 Å². The van der Waals surface area contributed by atoms with E-state index in [1.165, 1.54) is 11.3 Å². The van der Waals surface area contributed by atoms with Gasteiger partial charge in [-0.25, -0.2) is 4.79 Å². The quantitative estimate of drug-likeness (QED) is 0.678. The summed E-state index contributed by atoms with van der Waals surface area (Å²) in [5.41, 5.74) is 2.79. The van der Waals surface area contributed by atoms with Crippen LogP contribution in [0.1, 0.15) is 17.2 Å². The number of thiophene rings is 1. The Bertz CT molecular complexity index is 759. The van der Waals surface area contributed by atoms with Crippen LogP contribution >= 0.6 is 27.3 Å². The van der Waals surface area contributed by atoms with E-state index < -0.39 is 6.10 Å². The fourth-order valence-corrected chi connectivity index (χ4v) is 3.07. The number of nitrogens with one attached hydrogen (secondary N) is 2. The molecule has 4 nitrogen and oxygen atoms in total.